The fourth-order valence-corrected chi connectivity index (χ4v) is 0.799. The maximum absolute atomic E-state index is 2.31. The SMILES string of the molecule is CCCCC(C)[C-](C)C.C[C-](C)C.[Mg+2]. The number of hydrogen-bond donors (Lipinski definition) is 0. The van der Waals surface area contributed by atoms with Crippen molar-refractivity contribution in [3.63, 3.8) is 0 Å². The van der Waals surface area contributed by atoms with Crippen LogP contribution in [0.1, 0.15) is 67.7 Å². The minimum atomic E-state index is 0. The van der Waals surface area contributed by atoms with Crippen molar-refractivity contribution in [3.8, 4) is 0 Å². The van der Waals surface area contributed by atoms with Crippen LogP contribution in [0, 0.1) is 17.8 Å². The van der Waals surface area contributed by atoms with Crippen molar-refractivity contribution in [2.75, 3.05) is 0 Å². The molecule has 1 heteroatoms. The minimum Gasteiger partial charge on any atom is -0.323 e. The van der Waals surface area contributed by atoms with Crippen LogP contribution in [0.5, 0.6) is 0 Å². The Labute approximate surface area is 108 Å². The van der Waals surface area contributed by atoms with Crippen molar-refractivity contribution >= 4 is 23.1 Å². The van der Waals surface area contributed by atoms with Gasteiger partial charge in [-0.05, 0) is 0 Å². The summed E-state index contributed by atoms with van der Waals surface area (Å²) in [6, 6.07) is 0. The number of unbranched alkanes of at least 4 members (excludes halogenated alkanes) is 1. The molecule has 0 nitrogen and oxygen atoms in total. The molecule has 0 N–H and O–H groups in total. The third kappa shape index (κ3) is 23.0. The van der Waals surface area contributed by atoms with Crippen LogP contribution in [-0.2, 0) is 0 Å². The Morgan fingerprint density at radius 3 is 1.57 bits per heavy atom. The molecule has 0 aromatic carbocycles. The Hall–Kier alpha value is 0.766. The predicted octanol–water partition coefficient (Wildman–Crippen LogP) is 4.67. The first-order valence-corrected chi connectivity index (χ1v) is 5.48. The van der Waals surface area contributed by atoms with Crippen LogP contribution >= 0.6 is 0 Å². The molecule has 0 fully saturated rings. The molecule has 0 rings (SSSR count). The monoisotopic (exact) mass is 208 g/mol. The van der Waals surface area contributed by atoms with Gasteiger partial charge in [0.1, 0.15) is 0 Å². The molecule has 0 spiro atoms. The second kappa shape index (κ2) is 13.8. The third-order valence-corrected chi connectivity index (χ3v) is 1.98. The molecule has 0 saturated carbocycles. The Bertz CT molecular complexity index is 84.5. The second-order valence-electron chi connectivity index (χ2n) is 4.62. The molecular formula is C13H28Mg. The van der Waals surface area contributed by atoms with Crippen LogP contribution in [-0.4, -0.2) is 23.1 Å². The maximum Gasteiger partial charge on any atom is 2.00 e. The van der Waals surface area contributed by atoms with Gasteiger partial charge in [-0.3, -0.25) is 0 Å². The molecule has 0 saturated heterocycles. The van der Waals surface area contributed by atoms with Gasteiger partial charge in [0.05, 0.1) is 0 Å². The van der Waals surface area contributed by atoms with E-state index in [-0.39, 0.29) is 23.1 Å². The van der Waals surface area contributed by atoms with Gasteiger partial charge in [0, 0.05) is 0 Å². The average Bonchev–Trinajstić information content (AvgIpc) is 1.98. The van der Waals surface area contributed by atoms with Crippen LogP contribution in [0.2, 0.25) is 0 Å². The molecular weight excluding hydrogens is 180 g/mol. The smallest absolute Gasteiger partial charge is 0.323 e. The van der Waals surface area contributed by atoms with E-state index in [4.69, 9.17) is 0 Å². The summed E-state index contributed by atoms with van der Waals surface area (Å²) in [6.45, 7) is 15.3. The van der Waals surface area contributed by atoms with Crippen LogP contribution < -0.4 is 0 Å². The van der Waals surface area contributed by atoms with Gasteiger partial charge in [0.25, 0.3) is 0 Å². The van der Waals surface area contributed by atoms with Crippen molar-refractivity contribution in [2.45, 2.75) is 67.7 Å². The quantitative estimate of drug-likeness (QED) is 0.465. The molecule has 0 radical (unpaired) electrons. The molecule has 1 unspecified atom stereocenters. The summed E-state index contributed by atoms with van der Waals surface area (Å²) in [5, 5.41) is 0. The first-order chi connectivity index (χ1) is 5.91. The molecule has 0 heterocycles. The zero-order chi connectivity index (χ0) is 10.9. The summed E-state index contributed by atoms with van der Waals surface area (Å²) < 4.78 is 0. The number of hydrogen-bond acceptors (Lipinski definition) is 0. The van der Waals surface area contributed by atoms with Crippen molar-refractivity contribution in [1.82, 2.24) is 0 Å². The van der Waals surface area contributed by atoms with Crippen LogP contribution in [0.15, 0.2) is 0 Å². The molecule has 0 bridgehead atoms. The van der Waals surface area contributed by atoms with Gasteiger partial charge < -0.3 is 11.8 Å². The Kier molecular flexibility index (Phi) is 19.9. The van der Waals surface area contributed by atoms with E-state index in [1.165, 1.54) is 25.2 Å². The van der Waals surface area contributed by atoms with Gasteiger partial charge in [0.2, 0.25) is 0 Å². The van der Waals surface area contributed by atoms with Gasteiger partial charge in [-0.1, -0.05) is 33.1 Å². The molecule has 14 heavy (non-hydrogen) atoms. The average molecular weight is 209 g/mol. The summed E-state index contributed by atoms with van der Waals surface area (Å²) in [4.78, 5) is 0. The first-order valence-electron chi connectivity index (χ1n) is 5.48. The molecule has 1 atom stereocenters. The zero-order valence-electron chi connectivity index (χ0n) is 11.4. The van der Waals surface area contributed by atoms with Gasteiger partial charge >= 0.3 is 23.1 Å². The van der Waals surface area contributed by atoms with Crippen molar-refractivity contribution in [3.05, 3.63) is 11.8 Å². The summed E-state index contributed by atoms with van der Waals surface area (Å²) in [5.74, 6) is 3.83. The van der Waals surface area contributed by atoms with Crippen LogP contribution in [0.3, 0.4) is 0 Å². The predicted molar refractivity (Wildman–Crippen MR) is 69.3 cm³/mol. The van der Waals surface area contributed by atoms with Gasteiger partial charge in [-0.25, -0.2) is 0 Å². The fourth-order valence-electron chi connectivity index (χ4n) is 0.799. The molecule has 0 aromatic rings. The van der Waals surface area contributed by atoms with E-state index in [1.807, 2.05) is 0 Å². The topological polar surface area (TPSA) is 0 Å². The molecule has 0 aliphatic rings. The molecule has 0 aromatic heterocycles. The zero-order valence-corrected chi connectivity index (χ0v) is 12.8. The van der Waals surface area contributed by atoms with E-state index in [0.717, 1.165) is 5.92 Å². The maximum atomic E-state index is 2.31. The molecule has 0 amide bonds. The third-order valence-electron chi connectivity index (χ3n) is 1.98. The standard InChI is InChI=1S/C9H19.C4H9.Mg/c1-5-6-7-9(4)8(2)3;1-4(2)3;/h9H,5-7H2,1-4H3;1-3H3;/q2*-1;+2. The van der Waals surface area contributed by atoms with E-state index in [9.17, 15) is 0 Å². The number of rotatable bonds is 4. The second-order valence-corrected chi connectivity index (χ2v) is 4.62. The Morgan fingerprint density at radius 2 is 1.36 bits per heavy atom. The van der Waals surface area contributed by atoms with E-state index in [0.29, 0.717) is 0 Å². The van der Waals surface area contributed by atoms with Gasteiger partial charge in [-0.2, -0.15) is 40.5 Å². The molecule has 0 aliphatic heterocycles. The van der Waals surface area contributed by atoms with E-state index < -0.39 is 0 Å². The largest absolute Gasteiger partial charge is 2.00 e. The Balaban J connectivity index is -0.000000209. The summed E-state index contributed by atoms with van der Waals surface area (Å²) >= 11 is 0. The fraction of sp³-hybridized carbons (Fsp3) is 0.846. The van der Waals surface area contributed by atoms with Crippen molar-refractivity contribution < 1.29 is 0 Å². The Morgan fingerprint density at radius 1 is 1.00 bits per heavy atom. The van der Waals surface area contributed by atoms with Crippen LogP contribution in [0.25, 0.3) is 0 Å². The van der Waals surface area contributed by atoms with Gasteiger partial charge in [0.15, 0.2) is 0 Å². The van der Waals surface area contributed by atoms with Crippen molar-refractivity contribution in [1.29, 1.82) is 0 Å². The van der Waals surface area contributed by atoms with Crippen LogP contribution in [0.4, 0.5) is 0 Å². The summed E-state index contributed by atoms with van der Waals surface area (Å²) in [5.41, 5.74) is 0. The van der Waals surface area contributed by atoms with E-state index in [2.05, 4.69) is 48.5 Å². The van der Waals surface area contributed by atoms with E-state index in [1.54, 1.807) is 5.92 Å². The summed E-state index contributed by atoms with van der Waals surface area (Å²) in [6.07, 6.45) is 4.09. The first kappa shape index (κ1) is 20.2. The van der Waals surface area contributed by atoms with Gasteiger partial charge in [-0.15, -0.1) is 0 Å². The molecule has 82 valence electrons. The minimum absolute atomic E-state index is 0. The van der Waals surface area contributed by atoms with E-state index >= 15 is 0 Å². The molecule has 0 aliphatic carbocycles. The normalized spacial score (nSPS) is 11.8. The van der Waals surface area contributed by atoms with Crippen molar-refractivity contribution in [2.24, 2.45) is 5.92 Å². The summed E-state index contributed by atoms with van der Waals surface area (Å²) in [7, 11) is 0.